The van der Waals surface area contributed by atoms with Crippen LogP contribution in [0.5, 0.6) is 0 Å². The molecule has 0 fully saturated rings. The highest BCUT2D eigenvalue weighted by Crippen LogP contribution is 2.26. The number of nitrogens with one attached hydrogen (secondary N) is 1. The summed E-state index contributed by atoms with van der Waals surface area (Å²) in [5.74, 6) is -1.02. The van der Waals surface area contributed by atoms with Crippen LogP contribution in [0.4, 0.5) is 11.4 Å². The third-order valence-corrected chi connectivity index (χ3v) is 7.90. The zero-order valence-electron chi connectivity index (χ0n) is 26.7. The number of amides is 2. The summed E-state index contributed by atoms with van der Waals surface area (Å²) in [6, 6.07) is 36.8. The van der Waals surface area contributed by atoms with Crippen molar-refractivity contribution in [1.29, 1.82) is 0 Å². The van der Waals surface area contributed by atoms with E-state index in [1.165, 1.54) is 10.5 Å². The lowest BCUT2D eigenvalue weighted by Crippen LogP contribution is -2.35. The van der Waals surface area contributed by atoms with Gasteiger partial charge in [0.15, 0.2) is 0 Å². The molecule has 2 amide bonds. The average molecular weight is 652 g/mol. The minimum Gasteiger partial charge on any atom is -0.480 e. The van der Waals surface area contributed by atoms with E-state index in [-0.39, 0.29) is 18.9 Å². The molecule has 6 aromatic rings. The molecule has 1 aromatic heterocycles. The Morgan fingerprint density at radius 1 is 0.735 bits per heavy atom. The van der Waals surface area contributed by atoms with Crippen LogP contribution in [0.2, 0.25) is 0 Å². The van der Waals surface area contributed by atoms with Crippen LogP contribution in [0, 0.1) is 6.92 Å². The summed E-state index contributed by atoms with van der Waals surface area (Å²) in [5, 5.41) is 16.5. The molecule has 0 saturated heterocycles. The molecule has 0 radical (unpaired) electrons. The van der Waals surface area contributed by atoms with Gasteiger partial charge in [0.1, 0.15) is 6.54 Å². The van der Waals surface area contributed by atoms with Crippen LogP contribution in [-0.4, -0.2) is 44.5 Å². The molecule has 6 rings (SSSR count). The van der Waals surface area contributed by atoms with Gasteiger partial charge in [-0.25, -0.2) is 0 Å². The molecule has 0 unspecified atom stereocenters. The molecule has 5 aromatic carbocycles. The summed E-state index contributed by atoms with van der Waals surface area (Å²) in [6.45, 7) is 1.63. The number of aromatic nitrogens is 2. The predicted molar refractivity (Wildman–Crippen MR) is 187 cm³/mol. The predicted octanol–water partition coefficient (Wildman–Crippen LogP) is 6.87. The highest BCUT2D eigenvalue weighted by Gasteiger charge is 2.20. The number of carboxylic acid groups (broad SMARTS) is 1. The normalized spacial score (nSPS) is 10.8. The number of carbonyl (C=O) groups is 3. The highest BCUT2D eigenvalue weighted by atomic mass is 16.5. The number of hydrogen-bond acceptors (Lipinski definition) is 7. The number of benzene rings is 5. The first kappa shape index (κ1) is 32.4. The van der Waals surface area contributed by atoms with E-state index in [0.717, 1.165) is 27.8 Å². The van der Waals surface area contributed by atoms with Crippen molar-refractivity contribution in [2.75, 3.05) is 17.6 Å². The van der Waals surface area contributed by atoms with Crippen LogP contribution in [-0.2, 0) is 22.6 Å². The van der Waals surface area contributed by atoms with Crippen molar-refractivity contribution in [3.05, 3.63) is 144 Å². The van der Waals surface area contributed by atoms with Gasteiger partial charge in [-0.2, -0.15) is 4.98 Å². The van der Waals surface area contributed by atoms with Gasteiger partial charge in [-0.1, -0.05) is 83.5 Å². The fourth-order valence-electron chi connectivity index (χ4n) is 5.26. The first-order valence-corrected chi connectivity index (χ1v) is 15.6. The van der Waals surface area contributed by atoms with Gasteiger partial charge < -0.3 is 25.6 Å². The largest absolute Gasteiger partial charge is 0.480 e. The minimum absolute atomic E-state index is 0.0658. The number of aliphatic carboxylic acids is 1. The molecule has 0 aliphatic rings. The van der Waals surface area contributed by atoms with E-state index < -0.39 is 18.4 Å². The molecule has 10 heteroatoms. The summed E-state index contributed by atoms with van der Waals surface area (Å²) in [6.07, 6.45) is 0.169. The van der Waals surface area contributed by atoms with Crippen LogP contribution >= 0.6 is 0 Å². The summed E-state index contributed by atoms with van der Waals surface area (Å²) in [7, 11) is 0. The Balaban J connectivity index is 1.08. The van der Waals surface area contributed by atoms with Gasteiger partial charge in [0, 0.05) is 34.6 Å². The van der Waals surface area contributed by atoms with E-state index in [2.05, 4.69) is 46.6 Å². The number of carboxylic acids is 1. The number of nitrogens with two attached hydrogens (primary N) is 1. The first-order chi connectivity index (χ1) is 23.7. The van der Waals surface area contributed by atoms with Gasteiger partial charge in [0.2, 0.25) is 11.7 Å². The monoisotopic (exact) mass is 651 g/mol. The van der Waals surface area contributed by atoms with Gasteiger partial charge in [-0.05, 0) is 77.7 Å². The van der Waals surface area contributed by atoms with Gasteiger partial charge in [0.05, 0.1) is 6.42 Å². The van der Waals surface area contributed by atoms with Gasteiger partial charge in [-0.15, -0.1) is 0 Å². The number of anilines is 2. The lowest BCUT2D eigenvalue weighted by Gasteiger charge is -2.21. The fourth-order valence-corrected chi connectivity index (χ4v) is 5.26. The van der Waals surface area contributed by atoms with E-state index in [1.54, 1.807) is 72.8 Å². The Morgan fingerprint density at radius 2 is 1.31 bits per heavy atom. The average Bonchev–Trinajstić information content (AvgIpc) is 3.60. The molecule has 0 bridgehead atoms. The Labute approximate surface area is 282 Å². The number of nitrogen functional groups attached to an aromatic ring is 1. The molecule has 244 valence electrons. The molecular weight excluding hydrogens is 618 g/mol. The van der Waals surface area contributed by atoms with Crippen molar-refractivity contribution in [1.82, 2.24) is 15.0 Å². The van der Waals surface area contributed by atoms with E-state index >= 15 is 0 Å². The summed E-state index contributed by atoms with van der Waals surface area (Å²) in [5.41, 5.74) is 13.6. The molecule has 0 aliphatic carbocycles. The molecular formula is C39H33N5O5. The molecule has 4 N–H and O–H groups in total. The van der Waals surface area contributed by atoms with Gasteiger partial charge in [0.25, 0.3) is 11.8 Å². The maximum atomic E-state index is 13.4. The smallest absolute Gasteiger partial charge is 0.323 e. The quantitative estimate of drug-likeness (QED) is 0.128. The zero-order chi connectivity index (χ0) is 34.3. The van der Waals surface area contributed by atoms with Gasteiger partial charge in [-0.3, -0.25) is 14.4 Å². The lowest BCUT2D eigenvalue weighted by atomic mass is 10.0. The highest BCUT2D eigenvalue weighted by molar-refractivity contribution is 5.97. The number of hydrogen-bond donors (Lipinski definition) is 3. The summed E-state index contributed by atoms with van der Waals surface area (Å²) >= 11 is 0. The standard InChI is InChI=1S/C39H33N5O5/c1-25-2-8-28(9-3-25)29-12-14-31(15-13-29)38-42-37(43-49-38)30-10-4-27(5-11-30)23-44(24-36(46)47)39(48)32-16-20-34(21-17-32)41-35(45)22-26-6-18-33(40)19-7-26/h2-21H,22-24,40H2,1H3,(H,41,45)(H,46,47). The first-order valence-electron chi connectivity index (χ1n) is 15.6. The van der Waals surface area contributed by atoms with Crippen molar-refractivity contribution < 1.29 is 24.0 Å². The molecule has 1 heterocycles. The maximum Gasteiger partial charge on any atom is 0.323 e. The fraction of sp³-hybridized carbons (Fsp3) is 0.103. The van der Waals surface area contributed by atoms with Crippen LogP contribution in [0.25, 0.3) is 34.0 Å². The van der Waals surface area contributed by atoms with Crippen molar-refractivity contribution >= 4 is 29.2 Å². The second-order valence-corrected chi connectivity index (χ2v) is 11.7. The number of carbonyl (C=O) groups excluding carboxylic acids is 2. The van der Waals surface area contributed by atoms with Gasteiger partial charge >= 0.3 is 5.97 Å². The molecule has 49 heavy (non-hydrogen) atoms. The van der Waals surface area contributed by atoms with Crippen molar-refractivity contribution in [2.45, 2.75) is 19.9 Å². The third-order valence-electron chi connectivity index (χ3n) is 7.90. The lowest BCUT2D eigenvalue weighted by molar-refractivity contribution is -0.137. The number of aryl methyl sites for hydroxylation is 1. The molecule has 10 nitrogen and oxygen atoms in total. The van der Waals surface area contributed by atoms with E-state index in [1.807, 2.05) is 24.3 Å². The van der Waals surface area contributed by atoms with Crippen LogP contribution in [0.15, 0.2) is 126 Å². The Bertz CT molecular complexity index is 2070. The van der Waals surface area contributed by atoms with Crippen LogP contribution < -0.4 is 11.1 Å². The Morgan fingerprint density at radius 3 is 1.94 bits per heavy atom. The SMILES string of the molecule is Cc1ccc(-c2ccc(-c3nc(-c4ccc(CN(CC(=O)O)C(=O)c5ccc(NC(=O)Cc6ccc(N)cc6)cc5)cc4)no3)cc2)cc1. The minimum atomic E-state index is -1.14. The Hall–Kier alpha value is -6.55. The Kier molecular flexibility index (Phi) is 9.57. The summed E-state index contributed by atoms with van der Waals surface area (Å²) < 4.78 is 5.54. The number of rotatable bonds is 11. The van der Waals surface area contributed by atoms with E-state index in [9.17, 15) is 19.5 Å². The topological polar surface area (TPSA) is 152 Å². The molecule has 0 spiro atoms. The summed E-state index contributed by atoms with van der Waals surface area (Å²) in [4.78, 5) is 43.3. The zero-order valence-corrected chi connectivity index (χ0v) is 26.7. The van der Waals surface area contributed by atoms with Crippen LogP contribution in [0.3, 0.4) is 0 Å². The van der Waals surface area contributed by atoms with Crippen molar-refractivity contribution in [3.8, 4) is 34.0 Å². The number of nitrogens with zero attached hydrogens (tertiary/aromatic N) is 3. The molecule has 0 aliphatic heterocycles. The third kappa shape index (κ3) is 8.25. The maximum absolute atomic E-state index is 13.4. The van der Waals surface area contributed by atoms with Crippen molar-refractivity contribution in [3.63, 3.8) is 0 Å². The molecule has 0 saturated carbocycles. The van der Waals surface area contributed by atoms with E-state index in [4.69, 9.17) is 10.3 Å². The second-order valence-electron chi connectivity index (χ2n) is 11.7. The molecule has 0 atom stereocenters. The second kappa shape index (κ2) is 14.5. The van der Waals surface area contributed by atoms with E-state index in [0.29, 0.717) is 34.2 Å². The van der Waals surface area contributed by atoms with Crippen molar-refractivity contribution in [2.24, 2.45) is 0 Å². The van der Waals surface area contributed by atoms with Crippen LogP contribution in [0.1, 0.15) is 27.0 Å².